The number of carbonyl (C=O) groups is 2. The summed E-state index contributed by atoms with van der Waals surface area (Å²) in [6.07, 6.45) is -2.68. The van der Waals surface area contributed by atoms with Crippen molar-refractivity contribution in [1.29, 1.82) is 0 Å². The molecular weight excluding hydrogens is 1140 g/mol. The number of aliphatic hydroxyl groups excluding tert-OH is 2. The monoisotopic (exact) mass is 1200 g/mol. The highest BCUT2D eigenvalue weighted by atomic mass is 19.4. The minimum absolute atomic E-state index is 0.0533. The molecule has 6 aromatic carbocycles. The number of hydrogen-bond acceptors (Lipinski definition) is 17. The van der Waals surface area contributed by atoms with Crippen LogP contribution in [0.3, 0.4) is 0 Å². The van der Waals surface area contributed by atoms with E-state index in [9.17, 15) is 33.0 Å². The zero-order chi connectivity index (χ0) is 61.4. The van der Waals surface area contributed by atoms with Crippen LogP contribution in [-0.2, 0) is 41.4 Å². The molecule has 5 atom stereocenters. The van der Waals surface area contributed by atoms with Crippen LogP contribution < -0.4 is 30.2 Å². The van der Waals surface area contributed by atoms with Gasteiger partial charge in [0.05, 0.1) is 43.0 Å². The molecule has 0 fully saturated rings. The lowest BCUT2D eigenvalue weighted by Gasteiger charge is -2.19. The average Bonchev–Trinajstić information content (AvgIpc) is 2.96. The number of fused-ring (bicyclic) bond motifs is 3. The number of amides is 2. The zero-order valence-electron chi connectivity index (χ0n) is 48.5. The molecule has 5 unspecified atom stereocenters. The van der Waals surface area contributed by atoms with Gasteiger partial charge in [-0.05, 0) is 151 Å². The second-order valence-electron chi connectivity index (χ2n) is 21.7. The first-order chi connectivity index (χ1) is 42.5. The number of ether oxygens (including phenoxy) is 3. The highest BCUT2D eigenvalue weighted by Gasteiger charge is 2.36. The number of benzene rings is 6. The van der Waals surface area contributed by atoms with Crippen molar-refractivity contribution < 1.29 is 60.8 Å². The third kappa shape index (κ3) is 11.9. The van der Waals surface area contributed by atoms with E-state index < -0.39 is 42.7 Å². The molecule has 0 saturated carbocycles. The molecule has 450 valence electrons. The van der Waals surface area contributed by atoms with E-state index in [1.807, 2.05) is 67.6 Å². The molecule has 9 aromatic rings. The van der Waals surface area contributed by atoms with Crippen molar-refractivity contribution in [2.75, 3.05) is 25.6 Å². The SMILES string of the molecule is CCOc1ccc(-c2nc(-c3ccc(CC(C)Oc4ccc(-c5nc(-c6cccc7c6CCC7NC(=O)CO)no5)cc4C#[N+]C(C)Oc4ccc(-c5nc(-c6cccc7c6CCC7NC(C)=O)no5)cc4NC)c4c3CCC4O)no2)cc1C(F)(F)F. The molecule has 88 heavy (non-hydrogen) atoms. The number of hydrogen-bond donors (Lipinski definition) is 5. The van der Waals surface area contributed by atoms with E-state index >= 15 is 0 Å². The number of aromatic nitrogens is 6. The van der Waals surface area contributed by atoms with Crippen molar-refractivity contribution in [3.05, 3.63) is 158 Å². The molecule has 5 N–H and O–H groups in total. The highest BCUT2D eigenvalue weighted by Crippen LogP contribution is 2.44. The Hall–Kier alpha value is -9.92. The number of carbonyl (C=O) groups excluding carboxylic acids is 2. The maximum atomic E-state index is 14.0. The molecule has 23 heteroatoms. The second kappa shape index (κ2) is 24.5. The van der Waals surface area contributed by atoms with Gasteiger partial charge in [-0.1, -0.05) is 64.0 Å². The molecule has 0 spiro atoms. The molecule has 0 aliphatic heterocycles. The molecule has 3 aromatic heterocycles. The number of halogens is 3. The summed E-state index contributed by atoms with van der Waals surface area (Å²) in [7, 11) is 1.77. The molecule has 3 aliphatic rings. The summed E-state index contributed by atoms with van der Waals surface area (Å²) in [5, 5.41) is 42.8. The summed E-state index contributed by atoms with van der Waals surface area (Å²) in [4.78, 5) is 42.8. The van der Waals surface area contributed by atoms with Crippen molar-refractivity contribution in [2.45, 2.75) is 109 Å². The third-order valence-corrected chi connectivity index (χ3v) is 15.9. The van der Waals surface area contributed by atoms with Gasteiger partial charge in [0.25, 0.3) is 17.7 Å². The number of nitrogens with one attached hydrogen (secondary N) is 3. The van der Waals surface area contributed by atoms with Gasteiger partial charge >= 0.3 is 18.5 Å². The fourth-order valence-corrected chi connectivity index (χ4v) is 12.0. The standard InChI is InChI=1S/C65H59F3N10O10/c1-6-83-55-25-15-38(29-49(55)65(66,67)68)63-75-61(78-87-63)48-17-13-36(58-45(48)20-23-53(58)81)27-33(2)84-54-24-14-37(62-73-59(76-86-62)47-12-8-10-44-42(47)19-22-51(44)72-57(82)32-79)28-40(54)31-70-35(4)85-56-26-16-39(30-52(56)69-5)64-74-60(77-88-64)46-11-7-9-43-41(46)18-21-50(43)71-34(3)80/h7-17,24-26,28-30,33,35,50-51,53,69,79,81H,6,18-23,27,32H2,1-5H3,(H-,71,72,80,82)/p+1. The van der Waals surface area contributed by atoms with Crippen LogP contribution in [0.4, 0.5) is 18.9 Å². The first kappa shape index (κ1) is 58.5. The number of rotatable bonds is 18. The van der Waals surface area contributed by atoms with Crippen molar-refractivity contribution in [1.82, 2.24) is 41.1 Å². The van der Waals surface area contributed by atoms with E-state index in [0.717, 1.165) is 63.4 Å². The lowest BCUT2D eigenvalue weighted by atomic mass is 9.94. The maximum Gasteiger partial charge on any atom is 0.419 e. The summed E-state index contributed by atoms with van der Waals surface area (Å²) in [5.74, 6) is 1.41. The van der Waals surface area contributed by atoms with E-state index in [2.05, 4.69) is 42.5 Å². The molecule has 0 bridgehead atoms. The van der Waals surface area contributed by atoms with Gasteiger partial charge in [-0.3, -0.25) is 9.59 Å². The predicted molar refractivity (Wildman–Crippen MR) is 316 cm³/mol. The lowest BCUT2D eigenvalue weighted by molar-refractivity contribution is -0.139. The number of alkyl halides is 3. The lowest BCUT2D eigenvalue weighted by Crippen LogP contribution is -2.29. The van der Waals surface area contributed by atoms with Crippen molar-refractivity contribution in [3.63, 3.8) is 0 Å². The van der Waals surface area contributed by atoms with Gasteiger partial charge in [-0.25, -0.2) is 0 Å². The van der Waals surface area contributed by atoms with Gasteiger partial charge in [0.15, 0.2) is 5.75 Å². The fraction of sp³-hybridized carbons (Fsp3) is 0.308. The Kier molecular flexibility index (Phi) is 16.2. The zero-order valence-corrected chi connectivity index (χ0v) is 48.5. The predicted octanol–water partition coefficient (Wildman–Crippen LogP) is 11.6. The Bertz CT molecular complexity index is 4210. The summed E-state index contributed by atoms with van der Waals surface area (Å²) in [6.45, 7) is 6.23. The first-order valence-corrected chi connectivity index (χ1v) is 28.9. The molecule has 2 amide bonds. The minimum Gasteiger partial charge on any atom is -0.493 e. The largest absolute Gasteiger partial charge is 0.493 e. The topological polar surface area (TPSA) is 259 Å². The Balaban J connectivity index is 0.808. The molecular formula is C65H60F3N10O10+. The Morgan fingerprint density at radius 1 is 0.705 bits per heavy atom. The summed E-state index contributed by atoms with van der Waals surface area (Å²) >= 11 is 0. The van der Waals surface area contributed by atoms with Crippen LogP contribution in [0.1, 0.15) is 115 Å². The van der Waals surface area contributed by atoms with Crippen LogP contribution in [0, 0.1) is 6.07 Å². The van der Waals surface area contributed by atoms with Crippen molar-refractivity contribution in [2.24, 2.45) is 0 Å². The summed E-state index contributed by atoms with van der Waals surface area (Å²) < 4.78 is 77.7. The first-order valence-electron chi connectivity index (χ1n) is 28.9. The van der Waals surface area contributed by atoms with E-state index in [4.69, 9.17) is 42.6 Å². The van der Waals surface area contributed by atoms with E-state index in [1.165, 1.54) is 19.1 Å². The second-order valence-corrected chi connectivity index (χ2v) is 21.7. The normalized spacial score (nSPS) is 16.4. The number of aliphatic hydroxyl groups is 2. The van der Waals surface area contributed by atoms with Crippen molar-refractivity contribution >= 4 is 17.5 Å². The number of anilines is 1. The molecule has 3 heterocycles. The third-order valence-electron chi connectivity index (χ3n) is 15.9. The molecule has 20 nitrogen and oxygen atoms in total. The van der Waals surface area contributed by atoms with E-state index in [-0.39, 0.29) is 53.5 Å². The van der Waals surface area contributed by atoms with Crippen LogP contribution in [0.2, 0.25) is 0 Å². The minimum atomic E-state index is -4.69. The van der Waals surface area contributed by atoms with E-state index in [1.54, 1.807) is 45.2 Å². The number of nitrogens with zero attached hydrogens (tertiary/aromatic N) is 7. The summed E-state index contributed by atoms with van der Waals surface area (Å²) in [5.41, 5.74) is 9.85. The fourth-order valence-electron chi connectivity index (χ4n) is 12.0. The van der Waals surface area contributed by atoms with Crippen molar-refractivity contribution in [3.8, 4) is 91.8 Å². The van der Waals surface area contributed by atoms with Crippen LogP contribution in [0.25, 0.3) is 73.4 Å². The van der Waals surface area contributed by atoms with Gasteiger partial charge in [-0.15, -0.1) is 0 Å². The Morgan fingerprint density at radius 2 is 1.26 bits per heavy atom. The van der Waals surface area contributed by atoms with Gasteiger partial charge in [0, 0.05) is 53.8 Å². The van der Waals surface area contributed by atoms with Crippen LogP contribution >= 0.6 is 0 Å². The quantitative estimate of drug-likeness (QED) is 0.0535. The molecule has 12 rings (SSSR count). The van der Waals surface area contributed by atoms with E-state index in [0.29, 0.717) is 94.6 Å². The van der Waals surface area contributed by atoms with Gasteiger partial charge in [-0.2, -0.15) is 28.1 Å². The Morgan fingerprint density at radius 3 is 1.84 bits per heavy atom. The highest BCUT2D eigenvalue weighted by molar-refractivity contribution is 5.78. The average molecular weight is 1200 g/mol. The maximum absolute atomic E-state index is 14.0. The molecule has 0 saturated heterocycles. The molecule has 0 radical (unpaired) electrons. The Labute approximate surface area is 502 Å². The van der Waals surface area contributed by atoms with Gasteiger partial charge < -0.3 is 53.9 Å². The van der Waals surface area contributed by atoms with Crippen LogP contribution in [0.5, 0.6) is 17.2 Å². The summed E-state index contributed by atoms with van der Waals surface area (Å²) in [6, 6.07) is 32.5. The van der Waals surface area contributed by atoms with Crippen LogP contribution in [-0.4, -0.2) is 85.0 Å². The smallest absolute Gasteiger partial charge is 0.419 e. The molecule has 3 aliphatic carbocycles. The van der Waals surface area contributed by atoms with Gasteiger partial charge in [0.2, 0.25) is 29.3 Å². The van der Waals surface area contributed by atoms with Crippen LogP contribution in [0.15, 0.2) is 117 Å². The van der Waals surface area contributed by atoms with Gasteiger partial charge in [0.1, 0.15) is 29.8 Å².